The average molecular weight is 534 g/mol. The van der Waals surface area contributed by atoms with Crippen LogP contribution in [-0.2, 0) is 16.0 Å². The third kappa shape index (κ3) is 10.6. The molecule has 200 valence electrons. The van der Waals surface area contributed by atoms with Gasteiger partial charge in [-0.2, -0.15) is 5.10 Å². The highest BCUT2D eigenvalue weighted by Crippen LogP contribution is 2.16. The van der Waals surface area contributed by atoms with Crippen molar-refractivity contribution in [2.75, 3.05) is 6.61 Å². The number of fused-ring (bicyclic) bond motifs is 1. The molecule has 2 N–H and O–H groups in total. The molecule has 3 rings (SSSR count). The Morgan fingerprint density at radius 1 is 1.02 bits per heavy atom. The Morgan fingerprint density at radius 3 is 2.10 bits per heavy atom. The van der Waals surface area contributed by atoms with Gasteiger partial charge in [-0.25, -0.2) is 14.5 Å². The number of aromatic nitrogens is 4. The molecular formula is C31H27N5O4. The number of hydrogen-bond donors (Lipinski definition) is 1. The van der Waals surface area contributed by atoms with Crippen LogP contribution in [0.4, 0.5) is 0 Å². The molecule has 9 heteroatoms. The second kappa shape index (κ2) is 17.5. The van der Waals surface area contributed by atoms with Crippen LogP contribution in [0.25, 0.3) is 16.9 Å². The smallest absolute Gasteiger partial charge is 0.296 e. The summed E-state index contributed by atoms with van der Waals surface area (Å²) in [6, 6.07) is 8.89. The van der Waals surface area contributed by atoms with Crippen LogP contribution >= 0.6 is 0 Å². The van der Waals surface area contributed by atoms with E-state index in [-0.39, 0.29) is 5.95 Å². The molecule has 0 aliphatic carbocycles. The molecule has 0 fully saturated rings. The van der Waals surface area contributed by atoms with E-state index in [0.29, 0.717) is 16.8 Å². The quantitative estimate of drug-likeness (QED) is 0.384. The highest BCUT2D eigenvalue weighted by atomic mass is 16.7. The van der Waals surface area contributed by atoms with Gasteiger partial charge in [-0.15, -0.1) is 4.73 Å². The molecule has 0 bridgehead atoms. The number of hydrogen-bond acceptors (Lipinski definition) is 6. The molecule has 0 aliphatic heterocycles. The zero-order chi connectivity index (χ0) is 29.9. The summed E-state index contributed by atoms with van der Waals surface area (Å²) in [6.45, 7) is 14.9. The van der Waals surface area contributed by atoms with Crippen LogP contribution in [0.3, 0.4) is 0 Å². The molecule has 0 aliphatic rings. The number of carbonyl (C=O) groups is 1. The van der Waals surface area contributed by atoms with Crippen molar-refractivity contribution < 1.29 is 14.4 Å². The van der Waals surface area contributed by atoms with Crippen LogP contribution in [0.2, 0.25) is 0 Å². The van der Waals surface area contributed by atoms with Crippen LogP contribution in [0.5, 0.6) is 0 Å². The predicted octanol–water partition coefficient (Wildman–Crippen LogP) is 3.21. The van der Waals surface area contributed by atoms with E-state index in [9.17, 15) is 9.59 Å². The van der Waals surface area contributed by atoms with E-state index in [1.807, 2.05) is 13.0 Å². The minimum Gasteiger partial charge on any atom is -0.397 e. The van der Waals surface area contributed by atoms with Gasteiger partial charge in [0.15, 0.2) is 6.61 Å². The van der Waals surface area contributed by atoms with Gasteiger partial charge < -0.3 is 10.6 Å². The Balaban J connectivity index is 0.000000480. The first-order chi connectivity index (χ1) is 19.2. The standard InChI is InChI=1S/C18H21N5O3.C11H4.C2H2O/c1-11(2)8-13-9-12(3)21-22(13)18-20-15-7-5-4-6-14(15)17(25)23(18)26-10-16(19)24;1-3-5-7-9-11-10-8-6-4-2;1-2-3/h4-7,9,11H,8,10H2,1-3H3,(H2,19,24);1-2H2;1H2. The molecule has 9 nitrogen and oxygen atoms in total. The van der Waals surface area contributed by atoms with Gasteiger partial charge in [-0.05, 0) is 97.3 Å². The van der Waals surface area contributed by atoms with Crippen molar-refractivity contribution in [1.82, 2.24) is 19.5 Å². The number of amides is 1. The summed E-state index contributed by atoms with van der Waals surface area (Å²) >= 11 is 0. The van der Waals surface area contributed by atoms with E-state index in [1.165, 1.54) is 5.94 Å². The molecule has 0 saturated carbocycles. The summed E-state index contributed by atoms with van der Waals surface area (Å²) in [4.78, 5) is 42.5. The summed E-state index contributed by atoms with van der Waals surface area (Å²) in [5, 5.41) is 4.85. The second-order valence-corrected chi connectivity index (χ2v) is 7.93. The Kier molecular flexibility index (Phi) is 14.0. The molecular weight excluding hydrogens is 506 g/mol. The van der Waals surface area contributed by atoms with Crippen molar-refractivity contribution in [1.29, 1.82) is 0 Å². The Labute approximate surface area is 231 Å². The van der Waals surface area contributed by atoms with E-state index < -0.39 is 18.1 Å². The lowest BCUT2D eigenvalue weighted by Crippen LogP contribution is -2.36. The van der Waals surface area contributed by atoms with Crippen LogP contribution in [0, 0.1) is 12.8 Å². The number of nitrogens with zero attached hydrogens (tertiary/aromatic N) is 4. The molecule has 2 heterocycles. The summed E-state index contributed by atoms with van der Waals surface area (Å²) < 4.78 is 2.58. The van der Waals surface area contributed by atoms with Crippen molar-refractivity contribution in [3.8, 4) is 5.95 Å². The monoisotopic (exact) mass is 533 g/mol. The van der Waals surface area contributed by atoms with Gasteiger partial charge >= 0.3 is 0 Å². The van der Waals surface area contributed by atoms with Crippen LogP contribution in [0.15, 0.2) is 106 Å². The summed E-state index contributed by atoms with van der Waals surface area (Å²) in [5.41, 5.74) is 28.9. The fraction of sp³-hybridized carbons (Fsp3) is 0.194. The van der Waals surface area contributed by atoms with Gasteiger partial charge in [-0.1, -0.05) is 37.4 Å². The third-order valence-corrected chi connectivity index (χ3v) is 4.32. The minimum absolute atomic E-state index is 0.193. The maximum absolute atomic E-state index is 12.9. The third-order valence-electron chi connectivity index (χ3n) is 4.32. The maximum Gasteiger partial charge on any atom is 0.296 e. The van der Waals surface area contributed by atoms with Gasteiger partial charge in [0, 0.05) is 5.69 Å². The zero-order valence-electron chi connectivity index (χ0n) is 22.5. The number of benzene rings is 1. The van der Waals surface area contributed by atoms with Crippen molar-refractivity contribution in [3.63, 3.8) is 0 Å². The average Bonchev–Trinajstić information content (AvgIpc) is 3.27. The molecule has 1 amide bonds. The van der Waals surface area contributed by atoms with E-state index >= 15 is 0 Å². The Bertz CT molecular complexity index is 1760. The number of para-hydroxylation sites is 1. The lowest BCUT2D eigenvalue weighted by molar-refractivity contribution is -0.122. The fourth-order valence-electron chi connectivity index (χ4n) is 3.02. The summed E-state index contributed by atoms with van der Waals surface area (Å²) in [5.74, 6) is 1.14. The normalized spacial score (nSPS) is 8.50. The van der Waals surface area contributed by atoms with Crippen molar-refractivity contribution in [2.45, 2.75) is 27.2 Å². The highest BCUT2D eigenvalue weighted by molar-refractivity contribution is 5.78. The SMILES string of the molecule is C=C=C=C=C=C=C=C=C=C=C.C=C=O.Cc1cc(CC(C)C)n(-c2nc3ccccc3c(=O)n2OCC(N)=O)n1. The topological polar surface area (TPSA) is 122 Å². The van der Waals surface area contributed by atoms with Crippen LogP contribution in [0.1, 0.15) is 25.2 Å². The van der Waals surface area contributed by atoms with Crippen molar-refractivity contribution in [2.24, 2.45) is 11.7 Å². The van der Waals surface area contributed by atoms with Crippen LogP contribution < -0.4 is 16.1 Å². The van der Waals surface area contributed by atoms with Gasteiger partial charge in [-0.3, -0.25) is 9.59 Å². The first kappa shape index (κ1) is 32.1. The first-order valence-electron chi connectivity index (χ1n) is 11.6. The molecule has 1 aromatic carbocycles. The van der Waals surface area contributed by atoms with Crippen molar-refractivity contribution in [3.05, 3.63) is 123 Å². The molecule has 0 unspecified atom stereocenters. The lowest BCUT2D eigenvalue weighted by Gasteiger charge is -2.15. The summed E-state index contributed by atoms with van der Waals surface area (Å²) in [6.07, 6.45) is 0.749. The second-order valence-electron chi connectivity index (χ2n) is 7.93. The largest absolute Gasteiger partial charge is 0.397 e. The van der Waals surface area contributed by atoms with E-state index in [4.69, 9.17) is 15.4 Å². The molecule has 2 aromatic heterocycles. The number of nitrogens with two attached hydrogens (primary N) is 1. The number of primary amides is 1. The van der Waals surface area contributed by atoms with Gasteiger partial charge in [0.25, 0.3) is 17.4 Å². The van der Waals surface area contributed by atoms with Gasteiger partial charge in [0.1, 0.15) is 5.94 Å². The van der Waals surface area contributed by atoms with Crippen molar-refractivity contribution >= 4 is 22.8 Å². The van der Waals surface area contributed by atoms with Crippen LogP contribution in [-0.4, -0.2) is 38.0 Å². The Morgan fingerprint density at radius 2 is 1.57 bits per heavy atom. The van der Waals surface area contributed by atoms with E-state index in [0.717, 1.165) is 22.5 Å². The number of carbonyl (C=O) groups excluding carboxylic acids is 2. The zero-order valence-corrected chi connectivity index (χ0v) is 22.5. The van der Waals surface area contributed by atoms with Gasteiger partial charge in [0.2, 0.25) is 0 Å². The van der Waals surface area contributed by atoms with E-state index in [1.54, 1.807) is 28.9 Å². The molecule has 40 heavy (non-hydrogen) atoms. The van der Waals surface area contributed by atoms with Gasteiger partial charge in [0.05, 0.1) is 16.6 Å². The molecule has 0 radical (unpaired) electrons. The number of rotatable bonds is 6. The molecule has 3 aromatic rings. The first-order valence-corrected chi connectivity index (χ1v) is 11.6. The lowest BCUT2D eigenvalue weighted by atomic mass is 10.1. The fourth-order valence-corrected chi connectivity index (χ4v) is 3.02. The highest BCUT2D eigenvalue weighted by Gasteiger charge is 2.19. The molecule has 0 saturated heterocycles. The number of aryl methyl sites for hydroxylation is 1. The van der Waals surface area contributed by atoms with E-state index in [2.05, 4.69) is 95.2 Å². The predicted molar refractivity (Wildman–Crippen MR) is 151 cm³/mol. The summed E-state index contributed by atoms with van der Waals surface area (Å²) in [7, 11) is 0. The minimum atomic E-state index is -0.685. The Hall–Kier alpha value is -5.95. The maximum atomic E-state index is 12.9. The molecule has 0 spiro atoms. The molecule has 0 atom stereocenters.